The number of amides is 1. The van der Waals surface area contributed by atoms with Gasteiger partial charge in [0.1, 0.15) is 6.61 Å². The average Bonchev–Trinajstić information content (AvgIpc) is 2.94. The summed E-state index contributed by atoms with van der Waals surface area (Å²) in [5.41, 5.74) is 7.31. The van der Waals surface area contributed by atoms with E-state index in [4.69, 9.17) is 39.3 Å². The molecule has 5 nitrogen and oxygen atoms in total. The number of carbonyl (C=O) groups excluding carboxylic acids is 1. The van der Waals surface area contributed by atoms with Gasteiger partial charge >= 0.3 is 6.09 Å². The van der Waals surface area contributed by atoms with Gasteiger partial charge in [0, 0.05) is 5.02 Å². The number of carbonyl (C=O) groups is 1. The van der Waals surface area contributed by atoms with Gasteiger partial charge in [-0.2, -0.15) is 0 Å². The number of alkyl carbamates (subject to hydrolysis) is 1. The number of hydrogen-bond donors (Lipinski definition) is 2. The van der Waals surface area contributed by atoms with Gasteiger partial charge in [-0.1, -0.05) is 48.6 Å². The molecule has 7 heteroatoms. The van der Waals surface area contributed by atoms with Crippen LogP contribution < -0.4 is 11.1 Å². The molecule has 0 bridgehead atoms. The average molecular weight is 366 g/mol. The van der Waals surface area contributed by atoms with Crippen molar-refractivity contribution in [3.05, 3.63) is 47.5 Å². The van der Waals surface area contributed by atoms with E-state index < -0.39 is 6.09 Å². The molecule has 1 aromatic rings. The second-order valence-electron chi connectivity index (χ2n) is 5.50. The van der Waals surface area contributed by atoms with E-state index in [1.807, 2.05) is 12.1 Å². The lowest BCUT2D eigenvalue weighted by molar-refractivity contribution is 0.156. The van der Waals surface area contributed by atoms with Crippen LogP contribution in [-0.4, -0.2) is 35.5 Å². The molecule has 2 rings (SSSR count). The number of aliphatic imine (C=N–C) groups is 1. The number of nitrogens with two attached hydrogens (primary N) is 1. The first kappa shape index (κ1) is 18.4. The van der Waals surface area contributed by atoms with Crippen LogP contribution in [0.1, 0.15) is 24.8 Å². The number of rotatable bonds is 7. The SMILES string of the molecule is C=CCOC(=O)NC1CC(CCC(N)=S)N=C1c1ccc(Cl)cc1. The molecule has 3 N–H and O–H groups in total. The van der Waals surface area contributed by atoms with Crippen LogP contribution in [0.15, 0.2) is 41.9 Å². The summed E-state index contributed by atoms with van der Waals surface area (Å²) in [6.07, 6.45) is 3.10. The Labute approximate surface area is 151 Å². The summed E-state index contributed by atoms with van der Waals surface area (Å²) in [5.74, 6) is 0. The molecule has 1 aliphatic rings. The van der Waals surface area contributed by atoms with E-state index in [1.165, 1.54) is 6.08 Å². The van der Waals surface area contributed by atoms with Crippen molar-refractivity contribution in [3.63, 3.8) is 0 Å². The highest BCUT2D eigenvalue weighted by atomic mass is 35.5. The highest BCUT2D eigenvalue weighted by Crippen LogP contribution is 2.23. The molecule has 0 spiro atoms. The van der Waals surface area contributed by atoms with Crippen molar-refractivity contribution in [2.45, 2.75) is 31.3 Å². The van der Waals surface area contributed by atoms with E-state index in [0.717, 1.165) is 17.7 Å². The summed E-state index contributed by atoms with van der Waals surface area (Å²) in [5, 5.41) is 3.51. The minimum atomic E-state index is -0.489. The lowest BCUT2D eigenvalue weighted by Crippen LogP contribution is -2.40. The second kappa shape index (κ2) is 8.80. The summed E-state index contributed by atoms with van der Waals surface area (Å²) in [6.45, 7) is 3.69. The van der Waals surface area contributed by atoms with Crippen molar-refractivity contribution in [1.29, 1.82) is 0 Å². The number of thiocarbonyl (C=S) groups is 1. The van der Waals surface area contributed by atoms with Crippen molar-refractivity contribution in [2.24, 2.45) is 10.7 Å². The Morgan fingerprint density at radius 3 is 2.83 bits per heavy atom. The van der Waals surface area contributed by atoms with E-state index in [-0.39, 0.29) is 18.7 Å². The molecule has 24 heavy (non-hydrogen) atoms. The van der Waals surface area contributed by atoms with E-state index in [9.17, 15) is 4.79 Å². The third-order valence-corrected chi connectivity index (χ3v) is 4.10. The maximum Gasteiger partial charge on any atom is 0.407 e. The molecule has 1 amide bonds. The van der Waals surface area contributed by atoms with Crippen LogP contribution in [0.2, 0.25) is 5.02 Å². The number of nitrogens with zero attached hydrogens (tertiary/aromatic N) is 1. The molecular weight excluding hydrogens is 346 g/mol. The summed E-state index contributed by atoms with van der Waals surface area (Å²) in [7, 11) is 0. The summed E-state index contributed by atoms with van der Waals surface area (Å²) in [6, 6.07) is 7.22. The highest BCUT2D eigenvalue weighted by molar-refractivity contribution is 7.80. The Kier molecular flexibility index (Phi) is 6.75. The minimum absolute atomic E-state index is 0.0573. The fourth-order valence-electron chi connectivity index (χ4n) is 2.56. The molecule has 2 atom stereocenters. The van der Waals surface area contributed by atoms with Crippen LogP contribution in [0.4, 0.5) is 4.79 Å². The van der Waals surface area contributed by atoms with Gasteiger partial charge in [-0.15, -0.1) is 0 Å². The molecule has 2 unspecified atom stereocenters. The van der Waals surface area contributed by atoms with E-state index in [2.05, 4.69) is 11.9 Å². The van der Waals surface area contributed by atoms with Gasteiger partial charge < -0.3 is 15.8 Å². The molecule has 0 saturated heterocycles. The molecule has 1 aliphatic heterocycles. The predicted octanol–water partition coefficient (Wildman–Crippen LogP) is 3.25. The van der Waals surface area contributed by atoms with Crippen LogP contribution in [0.5, 0.6) is 0 Å². The number of ether oxygens (including phenoxy) is 1. The summed E-state index contributed by atoms with van der Waals surface area (Å²) >= 11 is 10.9. The standard InChI is InChI=1S/C17H20ClN3O2S/c1-2-9-23-17(22)21-14-10-13(7-8-15(19)24)20-16(14)11-3-5-12(18)6-4-11/h2-6,13-14H,1,7-10H2,(H2,19,24)(H,21,22). The van der Waals surface area contributed by atoms with Gasteiger partial charge in [-0.05, 0) is 37.0 Å². The molecule has 0 saturated carbocycles. The molecular formula is C17H20ClN3O2S. The molecule has 128 valence electrons. The number of nitrogens with one attached hydrogen (secondary N) is 1. The summed E-state index contributed by atoms with van der Waals surface area (Å²) < 4.78 is 5.00. The number of hydrogen-bond acceptors (Lipinski definition) is 4. The van der Waals surface area contributed by atoms with Gasteiger partial charge in [0.2, 0.25) is 0 Å². The topological polar surface area (TPSA) is 76.7 Å². The third kappa shape index (κ3) is 5.32. The van der Waals surface area contributed by atoms with Crippen LogP contribution in [-0.2, 0) is 4.74 Å². The minimum Gasteiger partial charge on any atom is -0.445 e. The summed E-state index contributed by atoms with van der Waals surface area (Å²) in [4.78, 5) is 17.1. The first-order valence-corrected chi connectivity index (χ1v) is 8.44. The van der Waals surface area contributed by atoms with Crippen LogP contribution in [0.3, 0.4) is 0 Å². The monoisotopic (exact) mass is 365 g/mol. The van der Waals surface area contributed by atoms with Crippen LogP contribution >= 0.6 is 23.8 Å². The first-order chi connectivity index (χ1) is 11.5. The molecule has 0 radical (unpaired) electrons. The van der Waals surface area contributed by atoms with Crippen molar-refractivity contribution < 1.29 is 9.53 Å². The Morgan fingerprint density at radius 1 is 1.50 bits per heavy atom. The van der Waals surface area contributed by atoms with Crippen molar-refractivity contribution in [1.82, 2.24) is 5.32 Å². The third-order valence-electron chi connectivity index (χ3n) is 3.65. The maximum absolute atomic E-state index is 11.9. The lowest BCUT2D eigenvalue weighted by Gasteiger charge is -2.15. The largest absolute Gasteiger partial charge is 0.445 e. The fourth-order valence-corrected chi connectivity index (χ4v) is 2.80. The zero-order valence-electron chi connectivity index (χ0n) is 13.2. The Hall–Kier alpha value is -1.92. The Morgan fingerprint density at radius 2 is 2.21 bits per heavy atom. The van der Waals surface area contributed by atoms with Gasteiger partial charge in [-0.3, -0.25) is 4.99 Å². The quantitative estimate of drug-likeness (QED) is 0.574. The number of benzene rings is 1. The highest BCUT2D eigenvalue weighted by Gasteiger charge is 2.30. The van der Waals surface area contributed by atoms with Crippen LogP contribution in [0, 0.1) is 0 Å². The zero-order valence-corrected chi connectivity index (χ0v) is 14.8. The molecule has 0 aromatic heterocycles. The van der Waals surface area contributed by atoms with Crippen LogP contribution in [0.25, 0.3) is 0 Å². The molecule has 0 aliphatic carbocycles. The zero-order chi connectivity index (χ0) is 17.5. The second-order valence-corrected chi connectivity index (χ2v) is 6.46. The van der Waals surface area contributed by atoms with E-state index >= 15 is 0 Å². The predicted molar refractivity (Wildman–Crippen MR) is 101 cm³/mol. The fraction of sp³-hybridized carbons (Fsp3) is 0.353. The van der Waals surface area contributed by atoms with Gasteiger partial charge in [-0.25, -0.2) is 4.79 Å². The van der Waals surface area contributed by atoms with Gasteiger partial charge in [0.15, 0.2) is 0 Å². The lowest BCUT2D eigenvalue weighted by atomic mass is 10.0. The number of halogens is 1. The Bertz CT molecular complexity index is 646. The molecule has 1 heterocycles. The normalized spacial score (nSPS) is 19.5. The van der Waals surface area contributed by atoms with Crippen molar-refractivity contribution in [2.75, 3.05) is 6.61 Å². The van der Waals surface area contributed by atoms with E-state index in [1.54, 1.807) is 12.1 Å². The van der Waals surface area contributed by atoms with Crippen molar-refractivity contribution in [3.8, 4) is 0 Å². The smallest absolute Gasteiger partial charge is 0.407 e. The maximum atomic E-state index is 11.9. The van der Waals surface area contributed by atoms with E-state index in [0.29, 0.717) is 22.9 Å². The van der Waals surface area contributed by atoms with Crippen molar-refractivity contribution >= 4 is 40.6 Å². The molecule has 0 fully saturated rings. The van der Waals surface area contributed by atoms with Gasteiger partial charge in [0.25, 0.3) is 0 Å². The van der Waals surface area contributed by atoms with Gasteiger partial charge in [0.05, 0.1) is 22.8 Å². The molecule has 1 aromatic carbocycles. The first-order valence-electron chi connectivity index (χ1n) is 7.65. The Balaban J connectivity index is 2.13.